The molecule has 1 saturated heterocycles. The SMILES string of the molecule is CC[C@H](C)[C@H](NC(=O)[C@H]1CCCCN1C)C(=O)N(C)[C@H](C[C@@H](OC(C)=O)c1nc(C(=O)NS(=O)(=O)c2ccc(N)cc2)cs1)C(C)C. The van der Waals surface area contributed by atoms with Gasteiger partial charge in [-0.3, -0.25) is 24.1 Å². The van der Waals surface area contributed by atoms with Gasteiger partial charge in [-0.25, -0.2) is 18.1 Å². The minimum atomic E-state index is -4.19. The van der Waals surface area contributed by atoms with Crippen LogP contribution in [0.1, 0.15) is 88.3 Å². The number of likely N-dealkylation sites (N-methyl/N-ethyl adjacent to an activating group) is 2. The van der Waals surface area contributed by atoms with Crippen LogP contribution in [0, 0.1) is 11.8 Å². The number of esters is 1. The van der Waals surface area contributed by atoms with Gasteiger partial charge in [0.25, 0.3) is 15.9 Å². The number of nitrogens with one attached hydrogen (secondary N) is 2. The number of sulfonamides is 1. The van der Waals surface area contributed by atoms with Gasteiger partial charge in [0.05, 0.1) is 10.9 Å². The van der Waals surface area contributed by atoms with Crippen LogP contribution in [-0.4, -0.2) is 85.7 Å². The summed E-state index contributed by atoms with van der Waals surface area (Å²) in [6, 6.07) is 3.89. The van der Waals surface area contributed by atoms with Gasteiger partial charge in [0.1, 0.15) is 16.7 Å². The molecular formula is C32H48N6O7S2. The van der Waals surface area contributed by atoms with E-state index in [0.717, 1.165) is 37.1 Å². The number of rotatable bonds is 14. The van der Waals surface area contributed by atoms with Crippen molar-refractivity contribution >= 4 is 50.7 Å². The number of anilines is 1. The van der Waals surface area contributed by atoms with Crippen molar-refractivity contribution in [1.82, 2.24) is 24.8 Å². The van der Waals surface area contributed by atoms with Crippen LogP contribution in [-0.2, 0) is 29.1 Å². The summed E-state index contributed by atoms with van der Waals surface area (Å²) in [5.41, 5.74) is 5.84. The largest absolute Gasteiger partial charge is 0.455 e. The second kappa shape index (κ2) is 16.5. The molecule has 3 amide bonds. The predicted molar refractivity (Wildman–Crippen MR) is 180 cm³/mol. The molecule has 3 rings (SSSR count). The number of thiazole rings is 1. The highest BCUT2D eigenvalue weighted by molar-refractivity contribution is 7.90. The summed E-state index contributed by atoms with van der Waals surface area (Å²) in [6.07, 6.45) is 2.62. The second-order valence-electron chi connectivity index (χ2n) is 12.5. The third kappa shape index (κ3) is 9.97. The number of nitrogens with two attached hydrogens (primary N) is 1. The van der Waals surface area contributed by atoms with Gasteiger partial charge >= 0.3 is 5.97 Å². The number of hydrogen-bond acceptors (Lipinski definition) is 11. The molecule has 4 N–H and O–H groups in total. The van der Waals surface area contributed by atoms with Crippen LogP contribution in [0.4, 0.5) is 5.69 Å². The first-order chi connectivity index (χ1) is 22.0. The molecule has 2 aromatic rings. The van der Waals surface area contributed by atoms with E-state index in [4.69, 9.17) is 10.5 Å². The average molecular weight is 693 g/mol. The molecule has 0 radical (unpaired) electrons. The quantitative estimate of drug-likeness (QED) is 0.196. The molecule has 1 aromatic heterocycles. The third-order valence-electron chi connectivity index (χ3n) is 8.68. The summed E-state index contributed by atoms with van der Waals surface area (Å²) in [5, 5.41) is 4.70. The van der Waals surface area contributed by atoms with Crippen molar-refractivity contribution < 1.29 is 32.3 Å². The lowest BCUT2D eigenvalue weighted by Crippen LogP contribution is -2.58. The normalized spacial score (nSPS) is 18.1. The van der Waals surface area contributed by atoms with E-state index in [0.29, 0.717) is 12.1 Å². The van der Waals surface area contributed by atoms with Crippen LogP contribution < -0.4 is 15.8 Å². The van der Waals surface area contributed by atoms with Crippen molar-refractivity contribution in [3.63, 3.8) is 0 Å². The maximum absolute atomic E-state index is 14.1. The molecule has 1 fully saturated rings. The lowest BCUT2D eigenvalue weighted by atomic mass is 9.92. The van der Waals surface area contributed by atoms with Crippen molar-refractivity contribution in [2.75, 3.05) is 26.4 Å². The van der Waals surface area contributed by atoms with E-state index >= 15 is 0 Å². The number of carbonyl (C=O) groups is 4. The molecule has 0 unspecified atom stereocenters. The van der Waals surface area contributed by atoms with Crippen LogP contribution in [0.25, 0.3) is 0 Å². The highest BCUT2D eigenvalue weighted by Gasteiger charge is 2.37. The predicted octanol–water partition coefficient (Wildman–Crippen LogP) is 3.34. The van der Waals surface area contributed by atoms with E-state index in [1.165, 1.54) is 36.6 Å². The van der Waals surface area contributed by atoms with Crippen molar-refractivity contribution in [2.45, 2.75) is 95.8 Å². The zero-order chi connectivity index (χ0) is 35.1. The van der Waals surface area contributed by atoms with E-state index < -0.39 is 40.1 Å². The van der Waals surface area contributed by atoms with Crippen LogP contribution >= 0.6 is 11.3 Å². The minimum Gasteiger partial charge on any atom is -0.455 e. The Morgan fingerprint density at radius 2 is 1.81 bits per heavy atom. The van der Waals surface area contributed by atoms with Gasteiger partial charge in [-0.2, -0.15) is 0 Å². The number of hydrogen-bond donors (Lipinski definition) is 3. The maximum Gasteiger partial charge on any atom is 0.303 e. The molecule has 1 aliphatic rings. The summed E-state index contributed by atoms with van der Waals surface area (Å²) in [6.45, 7) is 9.86. The molecule has 0 bridgehead atoms. The van der Waals surface area contributed by atoms with Crippen LogP contribution in [0.2, 0.25) is 0 Å². The fourth-order valence-electron chi connectivity index (χ4n) is 5.64. The maximum atomic E-state index is 14.1. The fraction of sp³-hybridized carbons (Fsp3) is 0.594. The molecule has 15 heteroatoms. The molecule has 260 valence electrons. The molecule has 0 aliphatic carbocycles. The number of ether oxygens (including phenoxy) is 1. The number of piperidine rings is 1. The highest BCUT2D eigenvalue weighted by Crippen LogP contribution is 2.31. The lowest BCUT2D eigenvalue weighted by molar-refractivity contribution is -0.149. The Balaban J connectivity index is 1.81. The van der Waals surface area contributed by atoms with Crippen molar-refractivity contribution in [3.05, 3.63) is 40.3 Å². The van der Waals surface area contributed by atoms with E-state index in [1.54, 1.807) is 11.9 Å². The Kier molecular flexibility index (Phi) is 13.3. The molecule has 13 nitrogen and oxygen atoms in total. The monoisotopic (exact) mass is 692 g/mol. The van der Waals surface area contributed by atoms with Gasteiger partial charge in [-0.05, 0) is 62.5 Å². The Bertz CT molecular complexity index is 1510. The van der Waals surface area contributed by atoms with Gasteiger partial charge in [0.2, 0.25) is 11.8 Å². The second-order valence-corrected chi connectivity index (χ2v) is 15.1. The van der Waals surface area contributed by atoms with Crippen LogP contribution in [0.3, 0.4) is 0 Å². The van der Waals surface area contributed by atoms with E-state index in [9.17, 15) is 27.6 Å². The molecule has 2 heterocycles. The number of likely N-dealkylation sites (tertiary alicyclic amines) is 1. The first-order valence-electron chi connectivity index (χ1n) is 15.9. The van der Waals surface area contributed by atoms with E-state index in [-0.39, 0.29) is 51.7 Å². The first-order valence-corrected chi connectivity index (χ1v) is 18.2. The van der Waals surface area contributed by atoms with Crippen molar-refractivity contribution in [1.29, 1.82) is 0 Å². The average Bonchev–Trinajstić information content (AvgIpc) is 3.51. The lowest BCUT2D eigenvalue weighted by Gasteiger charge is -2.38. The van der Waals surface area contributed by atoms with E-state index in [1.807, 2.05) is 44.4 Å². The van der Waals surface area contributed by atoms with Gasteiger partial charge in [-0.1, -0.05) is 40.5 Å². The number of nitrogen functional groups attached to an aromatic ring is 1. The fourth-order valence-corrected chi connectivity index (χ4v) is 7.44. The number of nitrogens with zero attached hydrogens (tertiary/aromatic N) is 3. The molecule has 1 aliphatic heterocycles. The van der Waals surface area contributed by atoms with E-state index in [2.05, 4.69) is 10.3 Å². The Morgan fingerprint density at radius 1 is 1.15 bits per heavy atom. The van der Waals surface area contributed by atoms with Gasteiger partial charge < -0.3 is 20.7 Å². The first kappa shape index (κ1) is 37.9. The van der Waals surface area contributed by atoms with Gasteiger partial charge in [0.15, 0.2) is 6.10 Å². The summed E-state index contributed by atoms with van der Waals surface area (Å²) < 4.78 is 33.1. The zero-order valence-electron chi connectivity index (χ0n) is 28.2. The Morgan fingerprint density at radius 3 is 2.38 bits per heavy atom. The zero-order valence-corrected chi connectivity index (χ0v) is 29.8. The van der Waals surface area contributed by atoms with Crippen LogP contribution in [0.5, 0.6) is 0 Å². The van der Waals surface area contributed by atoms with Crippen molar-refractivity contribution in [3.8, 4) is 0 Å². The number of amides is 3. The Hall–Kier alpha value is -3.56. The molecular weight excluding hydrogens is 645 g/mol. The number of benzene rings is 1. The number of carbonyl (C=O) groups excluding carboxylic acids is 4. The molecule has 47 heavy (non-hydrogen) atoms. The summed E-state index contributed by atoms with van der Waals surface area (Å²) in [5.74, 6) is -2.17. The number of aromatic nitrogens is 1. The Labute approximate surface area is 281 Å². The van der Waals surface area contributed by atoms with Gasteiger partial charge in [0, 0.05) is 37.5 Å². The molecule has 0 saturated carbocycles. The minimum absolute atomic E-state index is 0.0902. The van der Waals surface area contributed by atoms with Gasteiger partial charge in [-0.15, -0.1) is 11.3 Å². The topological polar surface area (TPSA) is 181 Å². The standard InChI is InChI=1S/C32H48N6O7S2/c1-8-20(4)28(35-30(41)25-11-9-10-16-37(25)6)32(42)38(7)26(19(2)3)17-27(45-21(5)39)31-34-24(18-46-31)29(40)36-47(43,44)23-14-12-22(33)13-15-23/h12-15,18-20,25-28H,8-11,16-17,33H2,1-7H3,(H,35,41)(H,36,40)/t20-,25+,26+,27+,28-/m0/s1. The summed E-state index contributed by atoms with van der Waals surface area (Å²) in [7, 11) is -0.597. The summed E-state index contributed by atoms with van der Waals surface area (Å²) >= 11 is 1.04. The van der Waals surface area contributed by atoms with Crippen molar-refractivity contribution in [2.24, 2.45) is 11.8 Å². The molecule has 0 spiro atoms. The highest BCUT2D eigenvalue weighted by atomic mass is 32.2. The molecule has 1 aromatic carbocycles. The molecule has 5 atom stereocenters. The summed E-state index contributed by atoms with van der Waals surface area (Å²) in [4.78, 5) is 60.3. The third-order valence-corrected chi connectivity index (χ3v) is 11.0. The van der Waals surface area contributed by atoms with Crippen LogP contribution in [0.15, 0.2) is 34.5 Å². The smallest absolute Gasteiger partial charge is 0.303 e.